The van der Waals surface area contributed by atoms with Gasteiger partial charge in [0.15, 0.2) is 0 Å². The van der Waals surface area contributed by atoms with Crippen LogP contribution in [0.3, 0.4) is 0 Å². The number of halogens is 5. The van der Waals surface area contributed by atoms with Gasteiger partial charge < -0.3 is 0 Å². The topological polar surface area (TPSA) is 46.2 Å². The highest BCUT2D eigenvalue weighted by molar-refractivity contribution is 8.00. The predicted molar refractivity (Wildman–Crippen MR) is 90.4 cm³/mol. The van der Waals surface area contributed by atoms with Crippen LogP contribution in [-0.2, 0) is 10.0 Å². The van der Waals surface area contributed by atoms with E-state index >= 15 is 0 Å². The van der Waals surface area contributed by atoms with Crippen LogP contribution >= 0.6 is 35.0 Å². The minimum absolute atomic E-state index is 0.0195. The van der Waals surface area contributed by atoms with Gasteiger partial charge in [0.2, 0.25) is 0 Å². The molecule has 130 valence electrons. The fraction of sp³-hybridized carbons (Fsp3) is 0.143. The third-order valence-electron chi connectivity index (χ3n) is 2.82. The quantitative estimate of drug-likeness (QED) is 0.649. The van der Waals surface area contributed by atoms with Crippen LogP contribution in [0.2, 0.25) is 10.0 Å². The molecule has 0 heterocycles. The van der Waals surface area contributed by atoms with Gasteiger partial charge in [-0.1, -0.05) is 40.9 Å². The molecule has 0 bridgehead atoms. The van der Waals surface area contributed by atoms with Crippen LogP contribution in [0.5, 0.6) is 0 Å². The second-order valence-corrected chi connectivity index (χ2v) is 8.36. The van der Waals surface area contributed by atoms with E-state index in [-0.39, 0.29) is 25.5 Å². The smallest absolute Gasteiger partial charge is 0.277 e. The Morgan fingerprint density at radius 2 is 1.54 bits per heavy atom. The summed E-state index contributed by atoms with van der Waals surface area (Å²) in [5.41, 5.74) is -3.81. The van der Waals surface area contributed by atoms with E-state index < -0.39 is 27.3 Å². The van der Waals surface area contributed by atoms with Gasteiger partial charge in [0.1, 0.15) is 0 Å². The van der Waals surface area contributed by atoms with Crippen molar-refractivity contribution >= 4 is 50.7 Å². The Kier molecular flexibility index (Phi) is 5.64. The molecule has 0 saturated heterocycles. The largest absolute Gasteiger partial charge is 0.446 e. The van der Waals surface area contributed by atoms with Gasteiger partial charge in [-0.2, -0.15) is 13.2 Å². The van der Waals surface area contributed by atoms with Crippen molar-refractivity contribution in [1.29, 1.82) is 0 Å². The highest BCUT2D eigenvalue weighted by atomic mass is 35.5. The third-order valence-corrected chi connectivity index (χ3v) is 5.48. The van der Waals surface area contributed by atoms with Crippen LogP contribution in [0.25, 0.3) is 0 Å². The predicted octanol–water partition coefficient (Wildman–Crippen LogP) is 5.71. The molecule has 2 rings (SSSR count). The number of alkyl halides is 3. The van der Waals surface area contributed by atoms with E-state index in [1.807, 2.05) is 0 Å². The Hall–Kier alpha value is -1.09. The Morgan fingerprint density at radius 3 is 2.00 bits per heavy atom. The molecule has 0 radical (unpaired) electrons. The highest BCUT2D eigenvalue weighted by Gasteiger charge is 2.30. The molecular weight excluding hydrogens is 406 g/mol. The molecule has 2 aromatic rings. The summed E-state index contributed by atoms with van der Waals surface area (Å²) in [5.74, 6) is 0. The Balaban J connectivity index is 2.34. The van der Waals surface area contributed by atoms with Crippen LogP contribution in [-0.4, -0.2) is 13.9 Å². The van der Waals surface area contributed by atoms with Crippen LogP contribution in [0.4, 0.5) is 18.9 Å². The molecule has 0 saturated carbocycles. The van der Waals surface area contributed by atoms with Crippen molar-refractivity contribution in [3.8, 4) is 0 Å². The number of rotatable bonds is 4. The molecule has 3 nitrogen and oxygen atoms in total. The third kappa shape index (κ3) is 4.95. The summed E-state index contributed by atoms with van der Waals surface area (Å²) >= 11 is 11.4. The van der Waals surface area contributed by atoms with Gasteiger partial charge in [0, 0.05) is 4.90 Å². The summed E-state index contributed by atoms with van der Waals surface area (Å²) in [5, 5.41) is -0.463. The lowest BCUT2D eigenvalue weighted by Crippen LogP contribution is -2.13. The summed E-state index contributed by atoms with van der Waals surface area (Å²) < 4.78 is 64.0. The molecule has 0 amide bonds. The summed E-state index contributed by atoms with van der Waals surface area (Å²) in [6.07, 6.45) is 0. The second-order valence-electron chi connectivity index (χ2n) is 4.73. The lowest BCUT2D eigenvalue weighted by Gasteiger charge is -2.13. The number of nitrogens with one attached hydrogen (secondary N) is 1. The molecule has 0 unspecified atom stereocenters. The first kappa shape index (κ1) is 19.2. The maximum atomic E-state index is 12.4. The lowest BCUT2D eigenvalue weighted by atomic mass is 10.2. The van der Waals surface area contributed by atoms with Crippen molar-refractivity contribution in [2.45, 2.75) is 22.2 Å². The maximum absolute atomic E-state index is 12.4. The minimum atomic E-state index is -4.50. The Morgan fingerprint density at radius 1 is 1.04 bits per heavy atom. The van der Waals surface area contributed by atoms with Crippen molar-refractivity contribution in [2.75, 3.05) is 4.72 Å². The molecule has 0 fully saturated rings. The molecule has 24 heavy (non-hydrogen) atoms. The van der Waals surface area contributed by atoms with Crippen LogP contribution in [0.15, 0.2) is 46.2 Å². The van der Waals surface area contributed by atoms with E-state index in [4.69, 9.17) is 23.2 Å². The van der Waals surface area contributed by atoms with Gasteiger partial charge >= 0.3 is 5.51 Å². The number of anilines is 1. The van der Waals surface area contributed by atoms with E-state index in [1.165, 1.54) is 12.1 Å². The van der Waals surface area contributed by atoms with Gasteiger partial charge in [0.05, 0.1) is 20.6 Å². The van der Waals surface area contributed by atoms with Crippen LogP contribution in [0.1, 0.15) is 5.56 Å². The number of benzene rings is 2. The minimum Gasteiger partial charge on any atom is -0.277 e. The number of hydrogen-bond acceptors (Lipinski definition) is 3. The molecular formula is C14H10Cl2F3NO2S2. The zero-order valence-electron chi connectivity index (χ0n) is 12.0. The van der Waals surface area contributed by atoms with Crippen molar-refractivity contribution < 1.29 is 21.6 Å². The molecule has 0 atom stereocenters. The van der Waals surface area contributed by atoms with Crippen molar-refractivity contribution in [1.82, 2.24) is 0 Å². The monoisotopic (exact) mass is 415 g/mol. The Bertz CT molecular complexity index is 830. The summed E-state index contributed by atoms with van der Waals surface area (Å²) in [6, 6.07) is 8.01. The fourth-order valence-corrected chi connectivity index (χ4v) is 4.30. The van der Waals surface area contributed by atoms with Crippen molar-refractivity contribution in [2.24, 2.45) is 0 Å². The van der Waals surface area contributed by atoms with Gasteiger partial charge in [-0.15, -0.1) is 0 Å². The summed E-state index contributed by atoms with van der Waals surface area (Å²) in [7, 11) is -3.97. The first-order valence-corrected chi connectivity index (χ1v) is 9.38. The average Bonchev–Trinajstić information content (AvgIpc) is 2.41. The maximum Gasteiger partial charge on any atom is 0.446 e. The average molecular weight is 416 g/mol. The van der Waals surface area contributed by atoms with Crippen molar-refractivity contribution in [3.05, 3.63) is 52.0 Å². The number of sulfonamides is 1. The summed E-state index contributed by atoms with van der Waals surface area (Å²) in [6.45, 7) is 1.80. The van der Waals surface area contributed by atoms with E-state index in [1.54, 1.807) is 19.1 Å². The first-order valence-electron chi connectivity index (χ1n) is 6.32. The fourth-order valence-electron chi connectivity index (χ4n) is 1.75. The molecule has 10 heteroatoms. The molecule has 2 aromatic carbocycles. The Labute approximate surface area is 151 Å². The van der Waals surface area contributed by atoms with E-state index in [0.717, 1.165) is 17.7 Å². The van der Waals surface area contributed by atoms with Gasteiger partial charge in [-0.25, -0.2) is 8.42 Å². The van der Waals surface area contributed by atoms with E-state index in [9.17, 15) is 21.6 Å². The molecule has 0 aliphatic carbocycles. The van der Waals surface area contributed by atoms with Crippen LogP contribution in [0, 0.1) is 6.92 Å². The van der Waals surface area contributed by atoms with Crippen molar-refractivity contribution in [3.63, 3.8) is 0 Å². The van der Waals surface area contributed by atoms with Gasteiger partial charge in [-0.05, 0) is 43.0 Å². The van der Waals surface area contributed by atoms with E-state index in [0.29, 0.717) is 0 Å². The van der Waals surface area contributed by atoms with Gasteiger partial charge in [0.25, 0.3) is 10.0 Å². The lowest BCUT2D eigenvalue weighted by molar-refractivity contribution is -0.0328. The van der Waals surface area contributed by atoms with E-state index in [2.05, 4.69) is 4.72 Å². The number of aryl methyl sites for hydroxylation is 1. The normalized spacial score (nSPS) is 12.2. The SMILES string of the molecule is Cc1ccc(S(=O)(=O)Nc2c(Cl)cc(SC(F)(F)F)cc2Cl)cc1. The van der Waals surface area contributed by atoms with Crippen LogP contribution < -0.4 is 4.72 Å². The standard InChI is InChI=1S/C14H10Cl2F3NO2S2/c1-8-2-4-10(5-3-8)24(21,22)20-13-11(15)6-9(7-12(13)16)23-14(17,18)19/h2-7,20H,1H3. The number of thioether (sulfide) groups is 1. The second kappa shape index (κ2) is 7.03. The molecule has 0 aliphatic rings. The van der Waals surface area contributed by atoms with Gasteiger partial charge in [-0.3, -0.25) is 4.72 Å². The molecule has 0 aromatic heterocycles. The molecule has 0 spiro atoms. The first-order chi connectivity index (χ1) is 11.0. The number of hydrogen-bond donors (Lipinski definition) is 1. The molecule has 1 N–H and O–H groups in total. The zero-order valence-corrected chi connectivity index (χ0v) is 15.1. The zero-order chi connectivity index (χ0) is 18.1. The molecule has 0 aliphatic heterocycles. The highest BCUT2D eigenvalue weighted by Crippen LogP contribution is 2.42. The summed E-state index contributed by atoms with van der Waals surface area (Å²) in [4.78, 5) is -0.259.